The van der Waals surface area contributed by atoms with Gasteiger partial charge in [0.25, 0.3) is 11.7 Å². The number of Topliss-reactive ketones (excluding diaryl/α,β-unsaturated/α-hetero) is 3. The Labute approximate surface area is 539 Å². The molecule has 17 atom stereocenters. The van der Waals surface area contributed by atoms with E-state index >= 15 is 0 Å². The second kappa shape index (κ2) is 30.7. The predicted octanol–water partition coefficient (Wildman–Crippen LogP) is 7.13. The number of hydrogen-bond acceptors (Lipinski definition) is 21. The lowest BCUT2D eigenvalue weighted by molar-refractivity contribution is -0.269. The summed E-state index contributed by atoms with van der Waals surface area (Å²) in [7, 11) is 2.93. The third-order valence-electron chi connectivity index (χ3n) is 20.0. The van der Waals surface area contributed by atoms with Gasteiger partial charge in [0.2, 0.25) is 5.79 Å². The number of allylic oxidation sites excluding steroid dienone is 6. The number of piperidine rings is 2. The molecule has 6 N–H and O–H groups in total. The number of anilines is 1. The van der Waals surface area contributed by atoms with Crippen molar-refractivity contribution in [1.29, 1.82) is 0 Å². The molecule has 5 fully saturated rings. The zero-order chi connectivity index (χ0) is 66.2. The highest BCUT2D eigenvalue weighted by Crippen LogP contribution is 2.45. The number of carbonyl (C=O) groups is 5. The van der Waals surface area contributed by atoms with Gasteiger partial charge in [-0.2, -0.15) is 0 Å². The summed E-state index contributed by atoms with van der Waals surface area (Å²) < 4.78 is 44.2. The van der Waals surface area contributed by atoms with Crippen LogP contribution >= 0.6 is 0 Å². The molecule has 0 radical (unpaired) electrons. The number of nitrogens with two attached hydrogens (primary N) is 1. The van der Waals surface area contributed by atoms with Gasteiger partial charge in [-0.1, -0.05) is 77.0 Å². The van der Waals surface area contributed by atoms with Gasteiger partial charge < -0.3 is 64.3 Å². The molecule has 8 heterocycles. The van der Waals surface area contributed by atoms with Gasteiger partial charge in [-0.3, -0.25) is 19.2 Å². The van der Waals surface area contributed by atoms with Crippen LogP contribution in [0.4, 0.5) is 5.82 Å². The summed E-state index contributed by atoms with van der Waals surface area (Å²) in [6, 6.07) is -1.21. The van der Waals surface area contributed by atoms with Gasteiger partial charge >= 0.3 is 5.97 Å². The topological polar surface area (TPSA) is 312 Å². The normalized spacial score (nSPS) is 35.8. The molecule has 6 aliphatic rings. The molecule has 9 rings (SSSR count). The Bertz CT molecular complexity index is 3320. The van der Waals surface area contributed by atoms with Crippen molar-refractivity contribution in [3.63, 3.8) is 0 Å². The average Bonchev–Trinajstić information content (AvgIpc) is 1.24. The molecule has 92 heavy (non-hydrogen) atoms. The number of hydrogen-bond donors (Lipinski definition) is 5. The Morgan fingerprint density at radius 3 is 2.43 bits per heavy atom. The molecule has 2 unspecified atom stereocenters. The highest BCUT2D eigenvalue weighted by Gasteiger charge is 2.55. The number of esters is 1. The monoisotopic (exact) mass is 1280 g/mol. The van der Waals surface area contributed by atoms with Crippen molar-refractivity contribution in [2.24, 2.45) is 41.4 Å². The molecular formula is C69H96N8O15. The van der Waals surface area contributed by atoms with E-state index in [2.05, 4.69) is 27.5 Å². The molecule has 1 saturated carbocycles. The second-order valence-electron chi connectivity index (χ2n) is 26.8. The summed E-state index contributed by atoms with van der Waals surface area (Å²) in [5, 5.41) is 46.1. The van der Waals surface area contributed by atoms with Crippen LogP contribution in [-0.2, 0) is 54.2 Å². The lowest BCUT2D eigenvalue weighted by atomic mass is 9.78. The maximum atomic E-state index is 14.7. The number of aryl methyl sites for hydroxylation is 1. The molecule has 4 saturated heterocycles. The van der Waals surface area contributed by atoms with Gasteiger partial charge in [0.05, 0.1) is 37.2 Å². The number of nitrogens with one attached hydrogen (secondary N) is 1. The van der Waals surface area contributed by atoms with Crippen molar-refractivity contribution in [1.82, 2.24) is 35.1 Å². The standard InChI is InChI=1S/C69H96N8O15/c1-11-76-59-56(88-38-46-19-17-28-71-36-46)37-72-49(57(59)73-65(76)58-64(70)75-92-74-58)26-27-68(8)48-20-14-12-13-18-39(2)30-42(5)60(80)62(87-10)61(81)43(6)31-40(3)52(79)35-53(41(4)32-45-23-25-51(78)55(33-45)86-9)89-67(84)50-21-15-16-29-77(50)66(83)63(82)69(85)44(7)22-24-47(90-69)34-54(48)91-68/h12-14,18,20,31,37,39-42,44-47,50-51,53-55,61-62,71,78,81,85H,11,15-17,19,21-25,28-30,32-36,38H2,1-10H3,(H2,70,75)/b14-12+,18-13+,43-31+,48-20+/t39-,40-,41?,42-,44-,45-,46+,47+,50+,51-,53+,54+,55-,61-,62+,68?,69-/m1/s1. The SMILES string of the molecule is CCn1c(-c2nonc2N)nc2c(C#CC3(C)O[C@H]4C[C@@H]5CC[C@@H](C)[C@@](O)(O5)C(=O)C(=O)N5CCCC[C@H]5C(=O)O[C@H](C(C)C[C@H]5CC[C@@H](O)[C@H](OC)C5)CC(=O)[C@H](C)/C=C(\C)[C@@H](O)[C@@H](OC)C(=O)[C@H](C)C[C@H](C)/C=C/C=C/C=C\43)ncc(OC[C@H]3CCCNC3)c21. The quantitative estimate of drug-likeness (QED) is 0.0583. The van der Waals surface area contributed by atoms with E-state index in [0.29, 0.717) is 111 Å². The molecule has 23 heteroatoms. The van der Waals surface area contributed by atoms with Gasteiger partial charge in [0.15, 0.2) is 34.5 Å². The van der Waals surface area contributed by atoms with E-state index in [9.17, 15) is 39.3 Å². The maximum Gasteiger partial charge on any atom is 0.329 e. The molecule has 2 bridgehead atoms. The van der Waals surface area contributed by atoms with E-state index in [0.717, 1.165) is 31.5 Å². The number of cyclic esters (lactones) is 1. The first-order valence-corrected chi connectivity index (χ1v) is 33.2. The third kappa shape index (κ3) is 15.7. The number of imidazole rings is 1. The van der Waals surface area contributed by atoms with E-state index in [1.807, 2.05) is 62.6 Å². The number of aliphatic hydroxyl groups is 3. The predicted molar refractivity (Wildman–Crippen MR) is 341 cm³/mol. The first-order chi connectivity index (χ1) is 44.0. The number of aliphatic hydroxyl groups excluding tert-OH is 2. The highest BCUT2D eigenvalue weighted by atomic mass is 16.6. The maximum absolute atomic E-state index is 14.7. The number of methoxy groups -OCH3 is 2. The minimum Gasteiger partial charge on any atom is -0.489 e. The number of fused-ring (bicyclic) bond motifs is 5. The highest BCUT2D eigenvalue weighted by molar-refractivity contribution is 6.39. The number of pyridine rings is 1. The minimum absolute atomic E-state index is 0.0331. The van der Waals surface area contributed by atoms with Crippen molar-refractivity contribution < 1.29 is 72.3 Å². The van der Waals surface area contributed by atoms with Crippen LogP contribution < -0.4 is 15.8 Å². The van der Waals surface area contributed by atoms with Gasteiger partial charge in [0, 0.05) is 75.9 Å². The number of carbonyl (C=O) groups excluding carboxylic acids is 5. The smallest absolute Gasteiger partial charge is 0.329 e. The number of aromatic nitrogens is 5. The van der Waals surface area contributed by atoms with Crippen LogP contribution in [0.5, 0.6) is 5.75 Å². The number of ether oxygens (including phenoxy) is 6. The lowest BCUT2D eigenvalue weighted by Crippen LogP contribution is -2.61. The summed E-state index contributed by atoms with van der Waals surface area (Å²) in [5.74, 6) is -0.808. The van der Waals surface area contributed by atoms with Crippen molar-refractivity contribution in [2.45, 2.75) is 212 Å². The summed E-state index contributed by atoms with van der Waals surface area (Å²) in [4.78, 5) is 83.6. The Morgan fingerprint density at radius 1 is 0.924 bits per heavy atom. The number of ketones is 3. The van der Waals surface area contributed by atoms with Crippen molar-refractivity contribution in [2.75, 3.05) is 46.2 Å². The van der Waals surface area contributed by atoms with Gasteiger partial charge in [-0.05, 0) is 144 Å². The molecule has 1 aliphatic carbocycles. The fraction of sp³-hybridized carbons (Fsp3) is 0.667. The summed E-state index contributed by atoms with van der Waals surface area (Å²) in [5.41, 5.74) is 7.81. The van der Waals surface area contributed by atoms with E-state index in [-0.39, 0.29) is 72.7 Å². The molecule has 1 amide bonds. The zero-order valence-corrected chi connectivity index (χ0v) is 55.1. The fourth-order valence-electron chi connectivity index (χ4n) is 14.3. The van der Waals surface area contributed by atoms with Gasteiger partial charge in [-0.25, -0.2) is 19.4 Å². The zero-order valence-electron chi connectivity index (χ0n) is 55.1. The number of rotatable bonds is 10. The Hall–Kier alpha value is -6.49. The Kier molecular flexibility index (Phi) is 23.3. The average molecular weight is 1280 g/mol. The van der Waals surface area contributed by atoms with Crippen molar-refractivity contribution in [3.05, 3.63) is 59.5 Å². The van der Waals surface area contributed by atoms with Crippen LogP contribution in [0.3, 0.4) is 0 Å². The van der Waals surface area contributed by atoms with Gasteiger partial charge in [0.1, 0.15) is 46.9 Å². The Morgan fingerprint density at radius 2 is 1.72 bits per heavy atom. The van der Waals surface area contributed by atoms with Crippen LogP contribution in [-0.4, -0.2) is 175 Å². The summed E-state index contributed by atoms with van der Waals surface area (Å²) in [6.45, 7) is 17.2. The molecule has 502 valence electrons. The molecular weight excluding hydrogens is 1180 g/mol. The van der Waals surface area contributed by atoms with E-state index in [1.54, 1.807) is 47.1 Å². The third-order valence-corrected chi connectivity index (χ3v) is 20.0. The first kappa shape index (κ1) is 69.8. The molecule has 3 aromatic heterocycles. The van der Waals surface area contributed by atoms with Crippen LogP contribution in [0.2, 0.25) is 0 Å². The van der Waals surface area contributed by atoms with Crippen molar-refractivity contribution >= 4 is 46.1 Å². The number of nitrogens with zero attached hydrogens (tertiary/aromatic N) is 6. The largest absolute Gasteiger partial charge is 0.489 e. The fourth-order valence-corrected chi connectivity index (χ4v) is 14.3. The molecule has 0 spiro atoms. The molecule has 5 aliphatic heterocycles. The van der Waals surface area contributed by atoms with Gasteiger partial charge in [-0.15, -0.1) is 0 Å². The first-order valence-electron chi connectivity index (χ1n) is 33.2. The number of amides is 1. The van der Waals surface area contributed by atoms with Crippen molar-refractivity contribution in [3.8, 4) is 29.1 Å². The Balaban J connectivity index is 1.03. The van der Waals surface area contributed by atoms with Crippen LogP contribution in [0.15, 0.2) is 58.4 Å². The lowest BCUT2D eigenvalue weighted by Gasteiger charge is -2.48. The molecule has 3 aromatic rings. The van der Waals surface area contributed by atoms with Crippen LogP contribution in [0.1, 0.15) is 151 Å². The van der Waals surface area contributed by atoms with E-state index < -0.39 is 89.5 Å². The molecule has 23 nitrogen and oxygen atoms in total. The second-order valence-corrected chi connectivity index (χ2v) is 26.8. The van der Waals surface area contributed by atoms with Crippen LogP contribution in [0, 0.1) is 53.3 Å². The van der Waals surface area contributed by atoms with E-state index in [4.69, 9.17) is 48.8 Å². The van der Waals surface area contributed by atoms with E-state index in [1.165, 1.54) is 12.0 Å². The number of nitrogen functional groups attached to an aromatic ring is 1. The van der Waals surface area contributed by atoms with Crippen LogP contribution in [0.25, 0.3) is 22.6 Å². The minimum atomic E-state index is -2.56. The summed E-state index contributed by atoms with van der Waals surface area (Å²) >= 11 is 0. The summed E-state index contributed by atoms with van der Waals surface area (Å²) in [6.07, 6.45) is 13.5. The molecule has 0 aromatic carbocycles.